The summed E-state index contributed by atoms with van der Waals surface area (Å²) < 4.78 is 0. The van der Waals surface area contributed by atoms with Crippen LogP contribution in [0.3, 0.4) is 0 Å². The van der Waals surface area contributed by atoms with Gasteiger partial charge in [-0.25, -0.2) is 0 Å². The fraction of sp³-hybridized carbons (Fsp3) is 0.684. The molecule has 0 bridgehead atoms. The SMILES string of the molecule is CCC1CCCCCN1c1ccc(CNC(C)C)cc1C. The highest BCUT2D eigenvalue weighted by Crippen LogP contribution is 2.29. The normalized spacial score (nSPS) is 19.9. The predicted octanol–water partition coefficient (Wildman–Crippen LogP) is 4.65. The lowest BCUT2D eigenvalue weighted by atomic mass is 10.0. The Hall–Kier alpha value is -1.02. The van der Waals surface area contributed by atoms with Gasteiger partial charge in [-0.3, -0.25) is 0 Å². The second kappa shape index (κ2) is 7.84. The molecule has 1 aliphatic rings. The Morgan fingerprint density at radius 1 is 1.24 bits per heavy atom. The molecule has 1 heterocycles. The molecule has 1 unspecified atom stereocenters. The molecule has 118 valence electrons. The van der Waals surface area contributed by atoms with Crippen LogP contribution in [0.4, 0.5) is 5.69 Å². The second-order valence-electron chi connectivity index (χ2n) is 6.76. The quantitative estimate of drug-likeness (QED) is 0.848. The van der Waals surface area contributed by atoms with E-state index in [2.05, 4.69) is 56.1 Å². The van der Waals surface area contributed by atoms with E-state index < -0.39 is 0 Å². The lowest BCUT2D eigenvalue weighted by Crippen LogP contribution is -2.34. The van der Waals surface area contributed by atoms with Crippen LogP contribution in [0.25, 0.3) is 0 Å². The lowest BCUT2D eigenvalue weighted by Gasteiger charge is -2.33. The van der Waals surface area contributed by atoms with Gasteiger partial charge >= 0.3 is 0 Å². The number of aryl methyl sites for hydroxylation is 1. The lowest BCUT2D eigenvalue weighted by molar-refractivity contribution is 0.555. The van der Waals surface area contributed by atoms with Crippen LogP contribution in [0.2, 0.25) is 0 Å². The zero-order valence-electron chi connectivity index (χ0n) is 14.3. The molecule has 0 spiro atoms. The number of nitrogens with one attached hydrogen (secondary N) is 1. The van der Waals surface area contributed by atoms with E-state index in [4.69, 9.17) is 0 Å². The van der Waals surface area contributed by atoms with Gasteiger partial charge in [0.1, 0.15) is 0 Å². The van der Waals surface area contributed by atoms with Gasteiger partial charge in [0.15, 0.2) is 0 Å². The van der Waals surface area contributed by atoms with Crippen molar-refractivity contribution in [2.75, 3.05) is 11.4 Å². The van der Waals surface area contributed by atoms with Crippen LogP contribution >= 0.6 is 0 Å². The van der Waals surface area contributed by atoms with Gasteiger partial charge in [-0.05, 0) is 43.4 Å². The molecule has 21 heavy (non-hydrogen) atoms. The van der Waals surface area contributed by atoms with Gasteiger partial charge in [-0.15, -0.1) is 0 Å². The van der Waals surface area contributed by atoms with Gasteiger partial charge in [0.25, 0.3) is 0 Å². The van der Waals surface area contributed by atoms with Crippen molar-refractivity contribution in [3.8, 4) is 0 Å². The number of anilines is 1. The summed E-state index contributed by atoms with van der Waals surface area (Å²) in [6.45, 7) is 11.2. The Morgan fingerprint density at radius 3 is 2.71 bits per heavy atom. The summed E-state index contributed by atoms with van der Waals surface area (Å²) in [5, 5.41) is 3.50. The molecule has 1 aromatic rings. The van der Waals surface area contributed by atoms with Crippen LogP contribution in [0.15, 0.2) is 18.2 Å². The first-order valence-corrected chi connectivity index (χ1v) is 8.71. The van der Waals surface area contributed by atoms with E-state index in [0.717, 1.165) is 12.6 Å². The highest BCUT2D eigenvalue weighted by atomic mass is 15.2. The first-order valence-electron chi connectivity index (χ1n) is 8.71. The maximum absolute atomic E-state index is 3.50. The van der Waals surface area contributed by atoms with Crippen LogP contribution in [0.5, 0.6) is 0 Å². The molecule has 2 heteroatoms. The molecule has 1 fully saturated rings. The number of benzene rings is 1. The third-order valence-electron chi connectivity index (χ3n) is 4.63. The van der Waals surface area contributed by atoms with E-state index in [0.29, 0.717) is 6.04 Å². The van der Waals surface area contributed by atoms with Crippen molar-refractivity contribution in [2.24, 2.45) is 0 Å². The second-order valence-corrected chi connectivity index (χ2v) is 6.76. The minimum absolute atomic E-state index is 0.542. The zero-order chi connectivity index (χ0) is 15.2. The van der Waals surface area contributed by atoms with Crippen molar-refractivity contribution < 1.29 is 0 Å². The minimum atomic E-state index is 0.542. The van der Waals surface area contributed by atoms with Crippen molar-refractivity contribution in [3.05, 3.63) is 29.3 Å². The highest BCUT2D eigenvalue weighted by Gasteiger charge is 2.20. The standard InChI is InChI=1S/C19H32N2/c1-5-18-9-7-6-8-12-21(18)19-11-10-17(13-16(19)4)14-20-15(2)3/h10-11,13,15,18,20H,5-9,12,14H2,1-4H3. The molecule has 2 nitrogen and oxygen atoms in total. The zero-order valence-corrected chi connectivity index (χ0v) is 14.3. The molecule has 1 saturated heterocycles. The molecule has 1 atom stereocenters. The highest BCUT2D eigenvalue weighted by molar-refractivity contribution is 5.55. The Kier molecular flexibility index (Phi) is 6.10. The maximum atomic E-state index is 3.50. The van der Waals surface area contributed by atoms with Crippen LogP contribution in [-0.2, 0) is 6.54 Å². The molecule has 1 aliphatic heterocycles. The molecule has 0 aliphatic carbocycles. The molecular weight excluding hydrogens is 256 g/mol. The molecule has 1 aromatic carbocycles. The van der Waals surface area contributed by atoms with Crippen molar-refractivity contribution in [1.29, 1.82) is 0 Å². The van der Waals surface area contributed by atoms with Crippen LogP contribution in [-0.4, -0.2) is 18.6 Å². The van der Waals surface area contributed by atoms with E-state index >= 15 is 0 Å². The smallest absolute Gasteiger partial charge is 0.0398 e. The Bertz CT molecular complexity index is 439. The van der Waals surface area contributed by atoms with Gasteiger partial charge in [0.2, 0.25) is 0 Å². The van der Waals surface area contributed by atoms with E-state index in [1.54, 1.807) is 0 Å². The summed E-state index contributed by atoms with van der Waals surface area (Å²) in [5.74, 6) is 0. The Morgan fingerprint density at radius 2 is 2.05 bits per heavy atom. The molecule has 0 aromatic heterocycles. The van der Waals surface area contributed by atoms with Crippen molar-refractivity contribution >= 4 is 5.69 Å². The average molecular weight is 288 g/mol. The third-order valence-corrected chi connectivity index (χ3v) is 4.63. The summed E-state index contributed by atoms with van der Waals surface area (Å²) >= 11 is 0. The summed E-state index contributed by atoms with van der Waals surface area (Å²) in [7, 11) is 0. The summed E-state index contributed by atoms with van der Waals surface area (Å²) in [6.07, 6.45) is 6.74. The van der Waals surface area contributed by atoms with Gasteiger partial charge in [-0.1, -0.05) is 45.7 Å². The van der Waals surface area contributed by atoms with Gasteiger partial charge in [-0.2, -0.15) is 0 Å². The summed E-state index contributed by atoms with van der Waals surface area (Å²) in [6, 6.07) is 8.28. The van der Waals surface area contributed by atoms with Gasteiger partial charge < -0.3 is 10.2 Å². The fourth-order valence-electron chi connectivity index (χ4n) is 3.39. The molecular formula is C19H32N2. The first-order chi connectivity index (χ1) is 10.1. The maximum Gasteiger partial charge on any atom is 0.0398 e. The number of nitrogens with zero attached hydrogens (tertiary/aromatic N) is 1. The summed E-state index contributed by atoms with van der Waals surface area (Å²) in [5.41, 5.74) is 4.28. The minimum Gasteiger partial charge on any atom is -0.368 e. The number of hydrogen-bond donors (Lipinski definition) is 1. The van der Waals surface area contributed by atoms with Crippen molar-refractivity contribution in [2.45, 2.75) is 78.4 Å². The van der Waals surface area contributed by atoms with Gasteiger partial charge in [0.05, 0.1) is 0 Å². The van der Waals surface area contributed by atoms with Crippen LogP contribution in [0.1, 0.15) is 64.0 Å². The van der Waals surface area contributed by atoms with Crippen molar-refractivity contribution in [1.82, 2.24) is 5.32 Å². The Balaban J connectivity index is 2.14. The molecule has 0 saturated carbocycles. The van der Waals surface area contributed by atoms with E-state index in [9.17, 15) is 0 Å². The predicted molar refractivity (Wildman–Crippen MR) is 93.0 cm³/mol. The monoisotopic (exact) mass is 288 g/mol. The van der Waals surface area contributed by atoms with Gasteiger partial charge in [0, 0.05) is 30.9 Å². The largest absolute Gasteiger partial charge is 0.368 e. The topological polar surface area (TPSA) is 15.3 Å². The van der Waals surface area contributed by atoms with Crippen LogP contribution in [0, 0.1) is 6.92 Å². The van der Waals surface area contributed by atoms with E-state index in [1.165, 1.54) is 55.5 Å². The number of hydrogen-bond acceptors (Lipinski definition) is 2. The average Bonchev–Trinajstić information content (AvgIpc) is 2.70. The molecule has 1 N–H and O–H groups in total. The number of rotatable bonds is 5. The molecule has 0 amide bonds. The van der Waals surface area contributed by atoms with Crippen molar-refractivity contribution in [3.63, 3.8) is 0 Å². The van der Waals surface area contributed by atoms with E-state index in [1.807, 2.05) is 0 Å². The fourth-order valence-corrected chi connectivity index (χ4v) is 3.39. The summed E-state index contributed by atoms with van der Waals surface area (Å²) in [4.78, 5) is 2.67. The Labute approximate surface area is 130 Å². The molecule has 0 radical (unpaired) electrons. The third kappa shape index (κ3) is 4.47. The molecule has 2 rings (SSSR count). The van der Waals surface area contributed by atoms with Crippen LogP contribution < -0.4 is 10.2 Å². The first kappa shape index (κ1) is 16.4. The van der Waals surface area contributed by atoms with E-state index in [-0.39, 0.29) is 0 Å².